The van der Waals surface area contributed by atoms with Crippen LogP contribution in [-0.2, 0) is 28.7 Å². The molecule has 6 rings (SSSR count). The predicted molar refractivity (Wildman–Crippen MR) is 163 cm³/mol. The molecule has 1 aliphatic heterocycles. The summed E-state index contributed by atoms with van der Waals surface area (Å²) in [6.07, 6.45) is -3.30. The number of ether oxygens (including phenoxy) is 3. The Morgan fingerprint density at radius 2 is 1.87 bits per heavy atom. The highest BCUT2D eigenvalue weighted by atomic mass is 19.4. The van der Waals surface area contributed by atoms with E-state index in [9.17, 15) is 23.1 Å². The van der Waals surface area contributed by atoms with Gasteiger partial charge in [0.1, 0.15) is 12.4 Å². The summed E-state index contributed by atoms with van der Waals surface area (Å²) in [4.78, 5) is 22.2. The molecule has 10 heteroatoms. The highest BCUT2D eigenvalue weighted by molar-refractivity contribution is 6.08. The monoisotopic (exact) mass is 616 g/mol. The lowest BCUT2D eigenvalue weighted by Crippen LogP contribution is -2.28. The zero-order valence-electron chi connectivity index (χ0n) is 25.2. The maximum atomic E-state index is 13.2. The summed E-state index contributed by atoms with van der Waals surface area (Å²) in [6, 6.07) is 15.9. The van der Waals surface area contributed by atoms with E-state index in [4.69, 9.17) is 24.2 Å². The number of hydrogen-bond donors (Lipinski definition) is 1. The quantitative estimate of drug-likeness (QED) is 0.197. The van der Waals surface area contributed by atoms with Crippen LogP contribution in [0.15, 0.2) is 66.9 Å². The first kappa shape index (κ1) is 30.3. The number of aromatic nitrogens is 2. The molecule has 1 N–H and O–H groups in total. The van der Waals surface area contributed by atoms with Gasteiger partial charge >= 0.3 is 12.1 Å². The summed E-state index contributed by atoms with van der Waals surface area (Å²) >= 11 is 0. The number of nitrogens with zero attached hydrogens (tertiary/aromatic N) is 2. The van der Waals surface area contributed by atoms with E-state index in [0.717, 1.165) is 29.5 Å². The van der Waals surface area contributed by atoms with Crippen LogP contribution in [0.2, 0.25) is 0 Å². The van der Waals surface area contributed by atoms with E-state index in [-0.39, 0.29) is 12.5 Å². The lowest BCUT2D eigenvalue weighted by Gasteiger charge is -2.29. The molecule has 232 valence electrons. The summed E-state index contributed by atoms with van der Waals surface area (Å²) in [6.45, 7) is 7.64. The first-order chi connectivity index (χ1) is 21.3. The molecule has 0 spiro atoms. The van der Waals surface area contributed by atoms with Crippen molar-refractivity contribution in [1.82, 2.24) is 9.97 Å². The third kappa shape index (κ3) is 6.02. The molecule has 0 saturated carbocycles. The number of alkyl halides is 3. The van der Waals surface area contributed by atoms with E-state index in [1.165, 1.54) is 6.07 Å². The number of benzene rings is 3. The zero-order valence-corrected chi connectivity index (χ0v) is 25.2. The number of aryl methyl sites for hydroxylation is 1. The molecule has 0 fully saturated rings. The molecule has 0 unspecified atom stereocenters. The molecule has 1 aliphatic rings. The summed E-state index contributed by atoms with van der Waals surface area (Å²) in [5, 5.41) is 12.0. The van der Waals surface area contributed by atoms with E-state index in [2.05, 4.69) is 0 Å². The fraction of sp³-hybridized carbons (Fsp3) is 0.286. The molecular formula is C35H31F3N2O5. The van der Waals surface area contributed by atoms with Crippen molar-refractivity contribution in [2.45, 2.75) is 58.6 Å². The van der Waals surface area contributed by atoms with Crippen LogP contribution in [0, 0.1) is 6.92 Å². The number of carbonyl (C=O) groups is 1. The van der Waals surface area contributed by atoms with Crippen molar-refractivity contribution >= 4 is 27.8 Å². The van der Waals surface area contributed by atoms with E-state index < -0.39 is 29.4 Å². The molecule has 7 nitrogen and oxygen atoms in total. The van der Waals surface area contributed by atoms with Gasteiger partial charge in [-0.1, -0.05) is 12.1 Å². The van der Waals surface area contributed by atoms with Gasteiger partial charge in [-0.3, -0.25) is 4.98 Å². The maximum absolute atomic E-state index is 13.2. The lowest BCUT2D eigenvalue weighted by atomic mass is 9.86. The molecule has 0 aliphatic carbocycles. The number of hydrogen-bond acceptors (Lipinski definition) is 6. The highest BCUT2D eigenvalue weighted by Gasteiger charge is 2.33. The molecule has 3 aromatic carbocycles. The van der Waals surface area contributed by atoms with Crippen LogP contribution in [0.3, 0.4) is 0 Å². The smallest absolute Gasteiger partial charge is 0.416 e. The van der Waals surface area contributed by atoms with Crippen LogP contribution in [-0.4, -0.2) is 33.3 Å². The fourth-order valence-corrected chi connectivity index (χ4v) is 5.80. The first-order valence-corrected chi connectivity index (χ1v) is 14.5. The largest absolute Gasteiger partial charge is 0.493 e. The third-order valence-corrected chi connectivity index (χ3v) is 7.65. The second kappa shape index (κ2) is 11.3. The number of halogens is 3. The van der Waals surface area contributed by atoms with Crippen molar-refractivity contribution in [2.75, 3.05) is 6.61 Å². The molecular weight excluding hydrogens is 585 g/mol. The van der Waals surface area contributed by atoms with Crippen molar-refractivity contribution < 1.29 is 37.3 Å². The minimum Gasteiger partial charge on any atom is -0.493 e. The van der Waals surface area contributed by atoms with Gasteiger partial charge in [-0.15, -0.1) is 0 Å². The highest BCUT2D eigenvalue weighted by Crippen LogP contribution is 2.45. The van der Waals surface area contributed by atoms with Gasteiger partial charge < -0.3 is 19.3 Å². The minimum atomic E-state index is -4.46. The predicted octanol–water partition coefficient (Wildman–Crippen LogP) is 8.23. The minimum absolute atomic E-state index is 0.119. The summed E-state index contributed by atoms with van der Waals surface area (Å²) in [5.74, 6) is -0.213. The number of pyridine rings is 2. The van der Waals surface area contributed by atoms with Crippen molar-refractivity contribution in [2.24, 2.45) is 0 Å². The van der Waals surface area contributed by atoms with E-state index in [1.54, 1.807) is 58.2 Å². The Labute approximate surface area is 257 Å². The van der Waals surface area contributed by atoms with Crippen LogP contribution in [0.25, 0.3) is 32.9 Å². The van der Waals surface area contributed by atoms with Gasteiger partial charge in [0.2, 0.25) is 5.88 Å². The van der Waals surface area contributed by atoms with Gasteiger partial charge in [0.05, 0.1) is 28.8 Å². The van der Waals surface area contributed by atoms with Gasteiger partial charge in [-0.2, -0.15) is 13.2 Å². The standard InChI is InChI=1S/C35H31F3N2O5/c1-19-16-25-23(9-11-27(40-25)44-18-20-6-5-7-22(17-20)35(36,37)38)30(28(19)32(33(41)42)45-34(2,3)4)24-8-10-26-29-21(13-15-43-26)12-14-39-31(24)29/h5-12,14,16-17,32H,13,15,18H2,1-4H3,(H,41,42)/t32-/m0/s1. The molecule has 0 bridgehead atoms. The van der Waals surface area contributed by atoms with Gasteiger partial charge in [-0.25, -0.2) is 9.78 Å². The van der Waals surface area contributed by atoms with Gasteiger partial charge in [0.15, 0.2) is 6.10 Å². The third-order valence-electron chi connectivity index (χ3n) is 7.65. The average Bonchev–Trinajstić information content (AvgIpc) is 2.98. The molecule has 3 heterocycles. The van der Waals surface area contributed by atoms with Crippen molar-refractivity contribution in [3.63, 3.8) is 0 Å². The van der Waals surface area contributed by atoms with Crippen molar-refractivity contribution in [3.8, 4) is 22.8 Å². The van der Waals surface area contributed by atoms with E-state index >= 15 is 0 Å². The molecule has 2 aromatic heterocycles. The van der Waals surface area contributed by atoms with E-state index in [0.29, 0.717) is 56.6 Å². The van der Waals surface area contributed by atoms with Gasteiger partial charge in [-0.05, 0) is 92.4 Å². The Kier molecular flexibility index (Phi) is 7.64. The van der Waals surface area contributed by atoms with Crippen LogP contribution in [0.1, 0.15) is 54.7 Å². The average molecular weight is 617 g/mol. The van der Waals surface area contributed by atoms with Crippen LogP contribution >= 0.6 is 0 Å². The molecule has 45 heavy (non-hydrogen) atoms. The van der Waals surface area contributed by atoms with Crippen LogP contribution in [0.5, 0.6) is 11.6 Å². The molecule has 0 amide bonds. The zero-order chi connectivity index (χ0) is 32.1. The summed E-state index contributed by atoms with van der Waals surface area (Å²) < 4.78 is 57.5. The Bertz CT molecular complexity index is 1940. The number of carboxylic acids is 1. The van der Waals surface area contributed by atoms with Crippen LogP contribution in [0.4, 0.5) is 13.2 Å². The Balaban J connectivity index is 1.52. The summed E-state index contributed by atoms with van der Waals surface area (Å²) in [5.41, 5.74) is 3.52. The number of fused-ring (bicyclic) bond motifs is 1. The number of carboxylic acid groups (broad SMARTS) is 1. The normalized spacial score (nSPS) is 13.9. The Hall–Kier alpha value is -4.70. The molecule has 1 atom stereocenters. The number of rotatable bonds is 7. The van der Waals surface area contributed by atoms with Crippen molar-refractivity contribution in [1.29, 1.82) is 0 Å². The molecule has 0 saturated heterocycles. The fourth-order valence-electron chi connectivity index (χ4n) is 5.80. The number of aliphatic carboxylic acids is 1. The van der Waals surface area contributed by atoms with Gasteiger partial charge in [0.25, 0.3) is 0 Å². The molecule has 5 aromatic rings. The topological polar surface area (TPSA) is 90.8 Å². The van der Waals surface area contributed by atoms with Crippen LogP contribution < -0.4 is 9.47 Å². The maximum Gasteiger partial charge on any atom is 0.416 e. The Morgan fingerprint density at radius 3 is 2.60 bits per heavy atom. The SMILES string of the molecule is Cc1cc2nc(OCc3cccc(C(F)(F)F)c3)ccc2c(-c2ccc3c4c(ccnc24)CCO3)c1[C@H](OC(C)(C)C)C(=O)O. The summed E-state index contributed by atoms with van der Waals surface area (Å²) in [7, 11) is 0. The van der Waals surface area contributed by atoms with Gasteiger partial charge in [0, 0.05) is 40.6 Å². The van der Waals surface area contributed by atoms with Crippen molar-refractivity contribution in [3.05, 3.63) is 94.7 Å². The Morgan fingerprint density at radius 1 is 1.07 bits per heavy atom. The second-order valence-corrected chi connectivity index (χ2v) is 12.0. The second-order valence-electron chi connectivity index (χ2n) is 12.0. The molecule has 0 radical (unpaired) electrons. The first-order valence-electron chi connectivity index (χ1n) is 14.5. The lowest BCUT2D eigenvalue weighted by molar-refractivity contribution is -0.160. The van der Waals surface area contributed by atoms with E-state index in [1.807, 2.05) is 18.2 Å².